The van der Waals surface area contributed by atoms with E-state index in [1.165, 1.54) is 0 Å². The Morgan fingerprint density at radius 1 is 1.78 bits per heavy atom. The van der Waals surface area contributed by atoms with Crippen LogP contribution < -0.4 is 0 Å². The van der Waals surface area contributed by atoms with Crippen molar-refractivity contribution in [2.45, 2.75) is 12.5 Å². The Bertz CT molecular complexity index is 109. The van der Waals surface area contributed by atoms with Crippen molar-refractivity contribution < 1.29 is 17.7 Å². The van der Waals surface area contributed by atoms with Gasteiger partial charge in [0.15, 0.2) is 0 Å². The molecule has 1 heterocycles. The number of ether oxygens (including phenoxy) is 1. The first kappa shape index (κ1) is 7.14. The molecule has 1 rings (SSSR count). The molecule has 0 radical (unpaired) electrons. The van der Waals surface area contributed by atoms with Crippen molar-refractivity contribution in [2.24, 2.45) is 0 Å². The molecule has 0 aliphatic carbocycles. The van der Waals surface area contributed by atoms with Gasteiger partial charge in [-0.05, 0) is 0 Å². The highest BCUT2D eigenvalue weighted by Crippen LogP contribution is 2.08. The zero-order valence-corrected chi connectivity index (χ0v) is 5.56. The van der Waals surface area contributed by atoms with Gasteiger partial charge in [0.2, 0.25) is 0 Å². The van der Waals surface area contributed by atoms with Gasteiger partial charge in [-0.2, -0.15) is 0 Å². The summed E-state index contributed by atoms with van der Waals surface area (Å²) in [5, 5.41) is 0. The summed E-state index contributed by atoms with van der Waals surface area (Å²) in [5.74, 6) is 0. The second kappa shape index (κ2) is 3.26. The molecule has 0 bridgehead atoms. The average Bonchev–Trinajstić information content (AvgIpc) is 2.15. The third-order valence-electron chi connectivity index (χ3n) is 1.10. The van der Waals surface area contributed by atoms with E-state index in [9.17, 15) is 8.76 Å². The summed E-state index contributed by atoms with van der Waals surface area (Å²) < 4.78 is 29.0. The fourth-order valence-corrected chi connectivity index (χ4v) is 1.07. The molecule has 2 unspecified atom stereocenters. The molecule has 0 aromatic heterocycles. The van der Waals surface area contributed by atoms with E-state index in [-0.39, 0.29) is 6.10 Å². The molecule has 4 nitrogen and oxygen atoms in total. The molecule has 0 saturated carbocycles. The monoisotopic (exact) mass is 151 g/mol. The molecule has 0 aromatic rings. The van der Waals surface area contributed by atoms with Crippen LogP contribution in [-0.4, -0.2) is 28.1 Å². The topological polar surface area (TPSA) is 58.6 Å². The number of rotatable bonds is 2. The maximum atomic E-state index is 9.88. The van der Waals surface area contributed by atoms with E-state index in [4.69, 9.17) is 4.74 Å². The fraction of sp³-hybridized carbons (Fsp3) is 1.00. The minimum absolute atomic E-state index is 0.247. The van der Waals surface area contributed by atoms with Gasteiger partial charge in [0.1, 0.15) is 0 Å². The van der Waals surface area contributed by atoms with Crippen LogP contribution in [0.2, 0.25) is 0 Å². The summed E-state index contributed by atoms with van der Waals surface area (Å²) in [7, 11) is 0. The van der Waals surface area contributed by atoms with Gasteiger partial charge in [0.05, 0.1) is 24.1 Å². The predicted molar refractivity (Wildman–Crippen MR) is 29.2 cm³/mol. The lowest BCUT2D eigenvalue weighted by Gasteiger charge is -2.09. The summed E-state index contributed by atoms with van der Waals surface area (Å²) in [6.45, 7) is 0.996. The van der Waals surface area contributed by atoms with E-state index in [0.29, 0.717) is 19.6 Å². The van der Waals surface area contributed by atoms with Gasteiger partial charge in [-0.1, -0.05) is 0 Å². The maximum absolute atomic E-state index is 9.88. The largest absolute Gasteiger partial charge is 0.750 e. The van der Waals surface area contributed by atoms with Crippen molar-refractivity contribution in [1.29, 1.82) is 0 Å². The van der Waals surface area contributed by atoms with Crippen LogP contribution in [0.4, 0.5) is 0 Å². The maximum Gasteiger partial charge on any atom is 0.0992 e. The molecule has 1 aliphatic rings. The van der Waals surface area contributed by atoms with E-state index in [1.807, 2.05) is 0 Å². The predicted octanol–water partition coefficient (Wildman–Crippen LogP) is -0.414. The lowest BCUT2D eigenvalue weighted by molar-refractivity contribution is 0.142. The summed E-state index contributed by atoms with van der Waals surface area (Å²) in [6.07, 6.45) is 0.428. The Labute approximate surface area is 55.6 Å². The first-order chi connectivity index (χ1) is 4.29. The minimum atomic E-state index is -2.39. The Morgan fingerprint density at radius 2 is 2.56 bits per heavy atom. The van der Waals surface area contributed by atoms with Crippen LogP contribution >= 0.6 is 0 Å². The Hall–Kier alpha value is 0.0300. The smallest absolute Gasteiger partial charge is 0.0992 e. The standard InChI is InChI=1S/C4H8O4S/c5-9(6)8-4-1-2-7-3-4/h4H,1-3H2,(H,5,6)/p-1. The lowest BCUT2D eigenvalue weighted by atomic mass is 10.3. The molecular formula is C4H7O4S-. The molecular weight excluding hydrogens is 144 g/mol. The summed E-state index contributed by atoms with van der Waals surface area (Å²) in [4.78, 5) is 0. The second-order valence-corrected chi connectivity index (χ2v) is 2.39. The van der Waals surface area contributed by atoms with Gasteiger partial charge in [-0.3, -0.25) is 4.18 Å². The summed E-state index contributed by atoms with van der Waals surface area (Å²) in [5.41, 5.74) is 0. The quantitative estimate of drug-likeness (QED) is 0.503. The van der Waals surface area contributed by atoms with E-state index < -0.39 is 11.4 Å². The third kappa shape index (κ3) is 2.40. The van der Waals surface area contributed by atoms with Gasteiger partial charge in [0.25, 0.3) is 0 Å². The van der Waals surface area contributed by atoms with Gasteiger partial charge in [-0.25, -0.2) is 4.21 Å². The van der Waals surface area contributed by atoms with Gasteiger partial charge >= 0.3 is 0 Å². The Kier molecular flexibility index (Phi) is 2.59. The highest BCUT2D eigenvalue weighted by Gasteiger charge is 2.15. The molecule has 0 amide bonds. The zero-order chi connectivity index (χ0) is 6.69. The van der Waals surface area contributed by atoms with E-state index in [0.717, 1.165) is 0 Å². The van der Waals surface area contributed by atoms with Crippen LogP contribution in [-0.2, 0) is 20.3 Å². The zero-order valence-electron chi connectivity index (χ0n) is 4.74. The van der Waals surface area contributed by atoms with E-state index in [2.05, 4.69) is 4.18 Å². The molecule has 5 heteroatoms. The van der Waals surface area contributed by atoms with Crippen LogP contribution in [0.15, 0.2) is 0 Å². The van der Waals surface area contributed by atoms with Crippen LogP contribution in [0.1, 0.15) is 6.42 Å². The Morgan fingerprint density at radius 3 is 3.00 bits per heavy atom. The molecule has 0 spiro atoms. The third-order valence-corrected chi connectivity index (χ3v) is 1.53. The van der Waals surface area contributed by atoms with Crippen LogP contribution in [0.25, 0.3) is 0 Å². The molecule has 0 N–H and O–H groups in total. The van der Waals surface area contributed by atoms with Crippen molar-refractivity contribution in [2.75, 3.05) is 13.2 Å². The van der Waals surface area contributed by atoms with E-state index >= 15 is 0 Å². The van der Waals surface area contributed by atoms with Crippen molar-refractivity contribution >= 4 is 11.4 Å². The second-order valence-electron chi connectivity index (χ2n) is 1.79. The first-order valence-corrected chi connectivity index (χ1v) is 3.63. The Balaban J connectivity index is 2.19. The highest BCUT2D eigenvalue weighted by atomic mass is 32.2. The summed E-state index contributed by atoms with van der Waals surface area (Å²) >= 11 is -2.39. The normalized spacial score (nSPS) is 30.6. The van der Waals surface area contributed by atoms with Crippen molar-refractivity contribution in [1.82, 2.24) is 0 Å². The van der Waals surface area contributed by atoms with Gasteiger partial charge < -0.3 is 9.29 Å². The van der Waals surface area contributed by atoms with Gasteiger partial charge in [-0.15, -0.1) is 0 Å². The van der Waals surface area contributed by atoms with Crippen molar-refractivity contribution in [3.05, 3.63) is 0 Å². The average molecular weight is 151 g/mol. The molecule has 2 atom stereocenters. The molecule has 0 aromatic carbocycles. The fourth-order valence-electron chi connectivity index (χ4n) is 0.700. The highest BCUT2D eigenvalue weighted by molar-refractivity contribution is 7.74. The minimum Gasteiger partial charge on any atom is -0.750 e. The number of hydrogen-bond acceptors (Lipinski definition) is 4. The van der Waals surface area contributed by atoms with Crippen LogP contribution in [0.5, 0.6) is 0 Å². The lowest BCUT2D eigenvalue weighted by Crippen LogP contribution is -2.13. The molecule has 54 valence electrons. The summed E-state index contributed by atoms with van der Waals surface area (Å²) in [6, 6.07) is 0. The molecule has 1 aliphatic heterocycles. The van der Waals surface area contributed by atoms with Gasteiger partial charge in [0, 0.05) is 13.0 Å². The molecule has 1 saturated heterocycles. The SMILES string of the molecule is O=S([O-])OC1CCOC1. The van der Waals surface area contributed by atoms with Crippen molar-refractivity contribution in [3.8, 4) is 0 Å². The van der Waals surface area contributed by atoms with Crippen LogP contribution in [0.3, 0.4) is 0 Å². The molecule has 9 heavy (non-hydrogen) atoms. The molecule has 1 fully saturated rings. The van der Waals surface area contributed by atoms with E-state index in [1.54, 1.807) is 0 Å². The first-order valence-electron chi connectivity index (χ1n) is 2.63. The van der Waals surface area contributed by atoms with Crippen LogP contribution in [0, 0.1) is 0 Å². The van der Waals surface area contributed by atoms with Crippen molar-refractivity contribution in [3.63, 3.8) is 0 Å². The number of hydrogen-bond donors (Lipinski definition) is 0.